The van der Waals surface area contributed by atoms with E-state index in [2.05, 4.69) is 34.7 Å². The second-order valence-electron chi connectivity index (χ2n) is 11.3. The number of carbonyl (C=O) groups excluding carboxylic acids is 1. The molecule has 1 aromatic carbocycles. The van der Waals surface area contributed by atoms with Crippen molar-refractivity contribution in [2.75, 3.05) is 13.7 Å². The van der Waals surface area contributed by atoms with Crippen LogP contribution in [0.5, 0.6) is 5.88 Å². The van der Waals surface area contributed by atoms with Crippen LogP contribution in [0.3, 0.4) is 0 Å². The van der Waals surface area contributed by atoms with Gasteiger partial charge in [0, 0.05) is 57.2 Å². The Bertz CT molecular complexity index is 1480. The highest BCUT2D eigenvalue weighted by Crippen LogP contribution is 2.34. The third kappa shape index (κ3) is 6.69. The maximum absolute atomic E-state index is 13.9. The zero-order valence-electron chi connectivity index (χ0n) is 22.9. The van der Waals surface area contributed by atoms with E-state index in [1.165, 1.54) is 12.1 Å². The van der Waals surface area contributed by atoms with E-state index in [0.717, 1.165) is 35.4 Å². The highest BCUT2D eigenvalue weighted by Gasteiger charge is 2.27. The summed E-state index contributed by atoms with van der Waals surface area (Å²) in [6.07, 6.45) is 7.24. The SMILES string of the molecule is CN(Cc1cncc2cnn(COCC[Si](C)(C)C)c12)C(=O)c1ccc(-c2cccc(F)c2)c(OC2CC2)n1. The minimum absolute atomic E-state index is 0.0739. The summed E-state index contributed by atoms with van der Waals surface area (Å²) in [7, 11) is 0.546. The normalized spacial score (nSPS) is 13.6. The van der Waals surface area contributed by atoms with E-state index >= 15 is 0 Å². The van der Waals surface area contributed by atoms with E-state index in [1.54, 1.807) is 54.8 Å². The average molecular weight is 548 g/mol. The molecule has 1 aliphatic carbocycles. The molecule has 4 aromatic rings. The van der Waals surface area contributed by atoms with Crippen LogP contribution in [0.15, 0.2) is 55.0 Å². The molecule has 1 fully saturated rings. The molecule has 5 rings (SSSR count). The standard InChI is InChI=1S/C29H34FN5O3Si/c1-34(18-22-16-31-15-21-17-32-35(27(21)22)19-37-12-13-39(2,3)4)29(36)26-11-10-25(20-6-5-7-23(30)14-20)28(33-26)38-24-8-9-24/h5-7,10-11,14-17,24H,8-9,12-13,18-19H2,1-4H3. The van der Waals surface area contributed by atoms with Crippen molar-refractivity contribution in [3.05, 3.63) is 72.1 Å². The van der Waals surface area contributed by atoms with E-state index in [1.807, 2.05) is 4.68 Å². The van der Waals surface area contributed by atoms with Crippen molar-refractivity contribution < 1.29 is 18.7 Å². The molecule has 8 nitrogen and oxygen atoms in total. The van der Waals surface area contributed by atoms with Crippen molar-refractivity contribution in [2.24, 2.45) is 0 Å². The van der Waals surface area contributed by atoms with Gasteiger partial charge in [0.25, 0.3) is 5.91 Å². The molecule has 3 aromatic heterocycles. The average Bonchev–Trinajstić information content (AvgIpc) is 3.62. The molecule has 1 saturated carbocycles. The second-order valence-corrected chi connectivity index (χ2v) is 16.9. The predicted molar refractivity (Wildman–Crippen MR) is 151 cm³/mol. The van der Waals surface area contributed by atoms with Gasteiger partial charge < -0.3 is 14.4 Å². The first-order valence-electron chi connectivity index (χ1n) is 13.2. The van der Waals surface area contributed by atoms with Gasteiger partial charge in [-0.3, -0.25) is 9.78 Å². The molecule has 0 radical (unpaired) electrons. The maximum atomic E-state index is 13.9. The molecule has 1 aliphatic rings. The number of carbonyl (C=O) groups is 1. The molecule has 0 saturated heterocycles. The zero-order valence-corrected chi connectivity index (χ0v) is 23.9. The van der Waals surface area contributed by atoms with Gasteiger partial charge in [-0.25, -0.2) is 14.1 Å². The van der Waals surface area contributed by atoms with Crippen LogP contribution in [-0.4, -0.2) is 58.4 Å². The first kappa shape index (κ1) is 27.0. The van der Waals surface area contributed by atoms with Gasteiger partial charge in [0.2, 0.25) is 5.88 Å². The van der Waals surface area contributed by atoms with Gasteiger partial charge >= 0.3 is 0 Å². The fourth-order valence-corrected chi connectivity index (χ4v) is 5.01. The Morgan fingerprint density at radius 3 is 2.72 bits per heavy atom. The summed E-state index contributed by atoms with van der Waals surface area (Å²) in [4.78, 5) is 24.0. The van der Waals surface area contributed by atoms with Crippen LogP contribution in [0, 0.1) is 5.82 Å². The summed E-state index contributed by atoms with van der Waals surface area (Å²) in [6.45, 7) is 8.31. The van der Waals surface area contributed by atoms with E-state index in [0.29, 0.717) is 36.9 Å². The van der Waals surface area contributed by atoms with Crippen molar-refractivity contribution in [3.63, 3.8) is 0 Å². The van der Waals surface area contributed by atoms with Crippen LogP contribution in [0.2, 0.25) is 25.7 Å². The number of hydrogen-bond donors (Lipinski definition) is 0. The van der Waals surface area contributed by atoms with E-state index in [9.17, 15) is 9.18 Å². The summed E-state index contributed by atoms with van der Waals surface area (Å²) in [6, 6.07) is 10.8. The van der Waals surface area contributed by atoms with Crippen LogP contribution in [0.4, 0.5) is 4.39 Å². The van der Waals surface area contributed by atoms with E-state index in [-0.39, 0.29) is 23.5 Å². The van der Waals surface area contributed by atoms with Gasteiger partial charge in [-0.1, -0.05) is 31.8 Å². The largest absolute Gasteiger partial charge is 0.474 e. The second kappa shape index (κ2) is 11.2. The quantitative estimate of drug-likeness (QED) is 0.175. The van der Waals surface area contributed by atoms with Crippen LogP contribution in [-0.2, 0) is 18.0 Å². The van der Waals surface area contributed by atoms with Crippen LogP contribution in [0.25, 0.3) is 22.0 Å². The Balaban J connectivity index is 1.35. The molecule has 0 bridgehead atoms. The summed E-state index contributed by atoms with van der Waals surface area (Å²) < 4.78 is 27.7. The fourth-order valence-electron chi connectivity index (χ4n) is 4.25. The Morgan fingerprint density at radius 2 is 1.97 bits per heavy atom. The number of amides is 1. The molecule has 204 valence electrons. The number of ether oxygens (including phenoxy) is 2. The van der Waals surface area contributed by atoms with Crippen molar-refractivity contribution in [2.45, 2.75) is 57.9 Å². The smallest absolute Gasteiger partial charge is 0.272 e. The molecule has 10 heteroatoms. The highest BCUT2D eigenvalue weighted by molar-refractivity contribution is 6.76. The maximum Gasteiger partial charge on any atom is 0.272 e. The van der Waals surface area contributed by atoms with E-state index < -0.39 is 8.07 Å². The Labute approximate surface area is 228 Å². The molecular formula is C29H34FN5O3Si. The lowest BCUT2D eigenvalue weighted by Gasteiger charge is -2.19. The third-order valence-electron chi connectivity index (χ3n) is 6.60. The number of hydrogen-bond acceptors (Lipinski definition) is 6. The van der Waals surface area contributed by atoms with Crippen molar-refractivity contribution in [1.82, 2.24) is 24.6 Å². The lowest BCUT2D eigenvalue weighted by Crippen LogP contribution is -2.27. The van der Waals surface area contributed by atoms with Crippen LogP contribution < -0.4 is 4.74 Å². The topological polar surface area (TPSA) is 82.4 Å². The third-order valence-corrected chi connectivity index (χ3v) is 8.30. The van der Waals surface area contributed by atoms with Gasteiger partial charge in [0.05, 0.1) is 11.7 Å². The Kier molecular flexibility index (Phi) is 7.76. The lowest BCUT2D eigenvalue weighted by atomic mass is 10.1. The summed E-state index contributed by atoms with van der Waals surface area (Å²) in [5.41, 5.74) is 3.33. The van der Waals surface area contributed by atoms with E-state index in [4.69, 9.17) is 9.47 Å². The predicted octanol–water partition coefficient (Wildman–Crippen LogP) is 5.76. The molecule has 0 aliphatic heterocycles. The summed E-state index contributed by atoms with van der Waals surface area (Å²) in [5, 5.41) is 5.38. The number of nitrogens with zero attached hydrogens (tertiary/aromatic N) is 5. The lowest BCUT2D eigenvalue weighted by molar-refractivity contribution is 0.0775. The van der Waals surface area contributed by atoms with Gasteiger partial charge in [0.15, 0.2) is 0 Å². The Morgan fingerprint density at radius 1 is 1.15 bits per heavy atom. The number of aromatic nitrogens is 4. The number of halogens is 1. The Hall–Kier alpha value is -3.63. The number of benzene rings is 1. The minimum atomic E-state index is -1.19. The molecule has 1 amide bonds. The molecule has 0 unspecified atom stereocenters. The minimum Gasteiger partial charge on any atom is -0.474 e. The zero-order chi connectivity index (χ0) is 27.6. The highest BCUT2D eigenvalue weighted by atomic mass is 28.3. The van der Waals surface area contributed by atoms with Crippen LogP contribution >= 0.6 is 0 Å². The van der Waals surface area contributed by atoms with Gasteiger partial charge in [-0.2, -0.15) is 5.10 Å². The van der Waals surface area contributed by atoms with Gasteiger partial charge in [-0.05, 0) is 48.7 Å². The van der Waals surface area contributed by atoms with Crippen molar-refractivity contribution in [3.8, 4) is 17.0 Å². The number of fused-ring (bicyclic) bond motifs is 1. The molecule has 3 heterocycles. The molecular weight excluding hydrogens is 513 g/mol. The van der Waals surface area contributed by atoms with Gasteiger partial charge in [-0.15, -0.1) is 0 Å². The number of pyridine rings is 2. The van der Waals surface area contributed by atoms with Crippen LogP contribution in [0.1, 0.15) is 28.9 Å². The molecule has 0 atom stereocenters. The fraction of sp³-hybridized carbons (Fsp3) is 0.379. The first-order valence-corrected chi connectivity index (χ1v) is 16.9. The summed E-state index contributed by atoms with van der Waals surface area (Å²) >= 11 is 0. The van der Waals surface area contributed by atoms with Crippen molar-refractivity contribution >= 4 is 24.9 Å². The van der Waals surface area contributed by atoms with Crippen molar-refractivity contribution in [1.29, 1.82) is 0 Å². The molecule has 0 N–H and O–H groups in total. The number of rotatable bonds is 11. The van der Waals surface area contributed by atoms with Gasteiger partial charge in [0.1, 0.15) is 24.3 Å². The molecule has 39 heavy (non-hydrogen) atoms. The molecule has 0 spiro atoms. The first-order chi connectivity index (χ1) is 18.7. The summed E-state index contributed by atoms with van der Waals surface area (Å²) in [5.74, 6) is -0.246. The monoisotopic (exact) mass is 547 g/mol.